The Bertz CT molecular complexity index is 1260. The molecule has 0 amide bonds. The second-order valence-corrected chi connectivity index (χ2v) is 9.92. The van der Waals surface area contributed by atoms with Crippen LogP contribution in [0.15, 0.2) is 89.1 Å². The summed E-state index contributed by atoms with van der Waals surface area (Å²) in [5.41, 5.74) is 3.67. The molecule has 0 fully saturated rings. The van der Waals surface area contributed by atoms with Crippen molar-refractivity contribution in [3.63, 3.8) is 0 Å². The van der Waals surface area contributed by atoms with Crippen molar-refractivity contribution >= 4 is 62.9 Å². The fraction of sp³-hybridized carbons (Fsp3) is 0.160. The number of para-hydroxylation sites is 1. The van der Waals surface area contributed by atoms with Crippen molar-refractivity contribution in [2.24, 2.45) is 10.2 Å². The minimum atomic E-state index is -0.747. The summed E-state index contributed by atoms with van der Waals surface area (Å²) in [7, 11) is 0. The molecule has 2 aliphatic rings. The Morgan fingerprint density at radius 2 is 1.58 bits per heavy atom. The summed E-state index contributed by atoms with van der Waals surface area (Å²) < 4.78 is 0. The van der Waals surface area contributed by atoms with E-state index < -0.39 is 4.99 Å². The van der Waals surface area contributed by atoms with E-state index in [4.69, 9.17) is 33.4 Å². The highest BCUT2D eigenvalue weighted by atomic mass is 35.5. The third-order valence-corrected chi connectivity index (χ3v) is 7.48. The minimum Gasteiger partial charge on any atom is -0.292 e. The van der Waals surface area contributed by atoms with Crippen molar-refractivity contribution in [1.29, 1.82) is 0 Å². The van der Waals surface area contributed by atoms with Gasteiger partial charge in [-0.05, 0) is 66.2 Å². The predicted octanol–water partition coefficient (Wildman–Crippen LogP) is 6.81. The molecule has 0 unspecified atom stereocenters. The van der Waals surface area contributed by atoms with Gasteiger partial charge in [0, 0.05) is 23.4 Å². The van der Waals surface area contributed by atoms with Crippen LogP contribution in [0.5, 0.6) is 0 Å². The molecule has 5 nitrogen and oxygen atoms in total. The second kappa shape index (κ2) is 8.86. The van der Waals surface area contributed by atoms with Crippen molar-refractivity contribution in [2.75, 3.05) is 10.0 Å². The molecule has 166 valence electrons. The Balaban J connectivity index is 1.67. The van der Waals surface area contributed by atoms with Crippen LogP contribution in [0.3, 0.4) is 0 Å². The number of hydrogen-bond donors (Lipinski definition) is 0. The van der Waals surface area contributed by atoms with Gasteiger partial charge in [0.2, 0.25) is 4.99 Å². The standard InChI is InChI=1S/C25H20Cl2N4OS/c1-17(32)24-29-31(22-9-5-6-20(27)16-22)25(33-24)15-14-23(18-10-12-19(26)13-11-18)28-30(25)21-7-3-2-4-8-21/h2-13,16H,14-15H2,1H3/t25-/m1/s1. The smallest absolute Gasteiger partial charge is 0.208 e. The van der Waals surface area contributed by atoms with Crippen LogP contribution in [0.25, 0.3) is 0 Å². The molecule has 5 rings (SSSR count). The number of benzene rings is 3. The van der Waals surface area contributed by atoms with Gasteiger partial charge in [0.05, 0.1) is 17.1 Å². The van der Waals surface area contributed by atoms with Crippen LogP contribution in [-0.2, 0) is 4.79 Å². The lowest BCUT2D eigenvalue weighted by atomic mass is 10.0. The molecule has 3 aromatic rings. The molecule has 0 aliphatic carbocycles. The van der Waals surface area contributed by atoms with Gasteiger partial charge >= 0.3 is 0 Å². The third-order valence-electron chi connectivity index (χ3n) is 5.55. The van der Waals surface area contributed by atoms with E-state index >= 15 is 0 Å². The molecule has 33 heavy (non-hydrogen) atoms. The molecule has 8 heteroatoms. The van der Waals surface area contributed by atoms with E-state index in [9.17, 15) is 4.79 Å². The van der Waals surface area contributed by atoms with Crippen LogP contribution in [0.4, 0.5) is 11.4 Å². The molecule has 1 atom stereocenters. The zero-order valence-corrected chi connectivity index (χ0v) is 20.1. The number of nitrogens with zero attached hydrogens (tertiary/aromatic N) is 4. The zero-order valence-electron chi connectivity index (χ0n) is 17.8. The largest absolute Gasteiger partial charge is 0.292 e. The lowest BCUT2D eigenvalue weighted by molar-refractivity contribution is -0.110. The van der Waals surface area contributed by atoms with Crippen LogP contribution in [-0.4, -0.2) is 21.5 Å². The number of rotatable bonds is 4. The summed E-state index contributed by atoms with van der Waals surface area (Å²) in [6.07, 6.45) is 1.39. The molecular formula is C25H20Cl2N4OS. The SMILES string of the molecule is CC(=O)C1=NN(c2cccc(Cl)c2)[C@]2(CCC(c3ccc(Cl)cc3)=NN2c2ccccc2)S1. The number of carbonyl (C=O) groups excluding carboxylic acids is 1. The van der Waals surface area contributed by atoms with Gasteiger partial charge in [0.25, 0.3) is 0 Å². The van der Waals surface area contributed by atoms with Crippen molar-refractivity contribution < 1.29 is 4.79 Å². The number of hydrazone groups is 2. The molecule has 0 aromatic heterocycles. The highest BCUT2D eigenvalue weighted by Gasteiger charge is 2.52. The van der Waals surface area contributed by atoms with Crippen LogP contribution in [0.2, 0.25) is 10.0 Å². The first kappa shape index (κ1) is 22.0. The second-order valence-electron chi connectivity index (χ2n) is 7.80. The van der Waals surface area contributed by atoms with Crippen LogP contribution in [0, 0.1) is 0 Å². The first-order valence-electron chi connectivity index (χ1n) is 10.5. The fourth-order valence-corrected chi connectivity index (χ4v) is 5.55. The summed E-state index contributed by atoms with van der Waals surface area (Å²) in [6, 6.07) is 25.2. The minimum absolute atomic E-state index is 0.0793. The quantitative estimate of drug-likeness (QED) is 0.399. The molecule has 0 N–H and O–H groups in total. The van der Waals surface area contributed by atoms with Gasteiger partial charge in [-0.3, -0.25) is 4.79 Å². The normalized spacial score (nSPS) is 20.1. The molecule has 1 spiro atoms. The Morgan fingerprint density at radius 1 is 0.879 bits per heavy atom. The Labute approximate surface area is 206 Å². The van der Waals surface area contributed by atoms with Gasteiger partial charge in [0.1, 0.15) is 0 Å². The average Bonchev–Trinajstić information content (AvgIpc) is 3.21. The van der Waals surface area contributed by atoms with Crippen LogP contribution in [0.1, 0.15) is 25.3 Å². The molecular weight excluding hydrogens is 475 g/mol. The summed E-state index contributed by atoms with van der Waals surface area (Å²) in [5, 5.41) is 15.4. The summed E-state index contributed by atoms with van der Waals surface area (Å²) in [4.78, 5) is 11.7. The van der Waals surface area contributed by atoms with E-state index in [0.717, 1.165) is 22.6 Å². The van der Waals surface area contributed by atoms with Gasteiger partial charge in [-0.2, -0.15) is 10.2 Å². The highest BCUT2D eigenvalue weighted by molar-refractivity contribution is 8.17. The number of hydrogen-bond acceptors (Lipinski definition) is 6. The maximum atomic E-state index is 12.4. The monoisotopic (exact) mass is 494 g/mol. The van der Waals surface area contributed by atoms with Crippen molar-refractivity contribution in [2.45, 2.75) is 24.8 Å². The van der Waals surface area contributed by atoms with Gasteiger partial charge in [0.15, 0.2) is 10.8 Å². The topological polar surface area (TPSA) is 48.3 Å². The summed E-state index contributed by atoms with van der Waals surface area (Å²) in [6.45, 7) is 1.54. The molecule has 0 saturated heterocycles. The molecule has 0 radical (unpaired) electrons. The molecule has 3 aromatic carbocycles. The third kappa shape index (κ3) is 4.14. The fourth-order valence-electron chi connectivity index (χ4n) is 4.00. The number of carbonyl (C=O) groups is 1. The number of Topliss-reactive ketones (excluding diaryl/α,β-unsaturated/α-hetero) is 1. The lowest BCUT2D eigenvalue weighted by Crippen LogP contribution is -2.56. The van der Waals surface area contributed by atoms with E-state index in [1.54, 1.807) is 6.92 Å². The van der Waals surface area contributed by atoms with Crippen molar-refractivity contribution in [1.82, 2.24) is 0 Å². The van der Waals surface area contributed by atoms with Gasteiger partial charge in [-0.1, -0.05) is 59.6 Å². The first-order valence-corrected chi connectivity index (χ1v) is 12.1. The Hall–Kier alpha value is -2.80. The molecule has 2 aliphatic heterocycles. The lowest BCUT2D eigenvalue weighted by Gasteiger charge is -2.46. The number of halogens is 2. The molecule has 0 bridgehead atoms. The van der Waals surface area contributed by atoms with E-state index in [2.05, 4.69) is 0 Å². The zero-order chi connectivity index (χ0) is 23.0. The molecule has 0 saturated carbocycles. The van der Waals surface area contributed by atoms with Crippen molar-refractivity contribution in [3.8, 4) is 0 Å². The van der Waals surface area contributed by atoms with Gasteiger partial charge in [-0.15, -0.1) is 0 Å². The highest BCUT2D eigenvalue weighted by Crippen LogP contribution is 2.50. The van der Waals surface area contributed by atoms with Crippen LogP contribution < -0.4 is 10.0 Å². The first-order chi connectivity index (χ1) is 16.0. The maximum Gasteiger partial charge on any atom is 0.208 e. The van der Waals surface area contributed by atoms with Crippen molar-refractivity contribution in [3.05, 3.63) is 94.5 Å². The summed E-state index contributed by atoms with van der Waals surface area (Å²) >= 11 is 13.9. The summed E-state index contributed by atoms with van der Waals surface area (Å²) in [5.74, 6) is -0.0793. The van der Waals surface area contributed by atoms with E-state index in [0.29, 0.717) is 27.9 Å². The molecule has 2 heterocycles. The Kier molecular flexibility index (Phi) is 5.91. The number of anilines is 2. The Morgan fingerprint density at radius 3 is 2.27 bits per heavy atom. The van der Waals surface area contributed by atoms with E-state index in [1.165, 1.54) is 11.8 Å². The number of ketones is 1. The van der Waals surface area contributed by atoms with Gasteiger partial charge < -0.3 is 0 Å². The van der Waals surface area contributed by atoms with Crippen LogP contribution >= 0.6 is 35.0 Å². The van der Waals surface area contributed by atoms with E-state index in [-0.39, 0.29) is 5.78 Å². The van der Waals surface area contributed by atoms with E-state index in [1.807, 2.05) is 88.9 Å². The number of thioether (sulfide) groups is 1. The average molecular weight is 495 g/mol. The predicted molar refractivity (Wildman–Crippen MR) is 139 cm³/mol. The van der Waals surface area contributed by atoms with Gasteiger partial charge in [-0.25, -0.2) is 10.0 Å². The maximum absolute atomic E-state index is 12.4.